The van der Waals surface area contributed by atoms with Crippen LogP contribution in [0.1, 0.15) is 110 Å². The number of carbonyl (C=O) groups is 2. The van der Waals surface area contributed by atoms with Crippen LogP contribution >= 0.6 is 0 Å². The number of ketones is 1. The van der Waals surface area contributed by atoms with E-state index in [1.807, 2.05) is 0 Å². The number of Topliss-reactive ketones (excluding diaryl/α,β-unsaturated/α-hetero) is 1. The summed E-state index contributed by atoms with van der Waals surface area (Å²) in [4.78, 5) is 24.8. The molecule has 0 aromatic carbocycles. The summed E-state index contributed by atoms with van der Waals surface area (Å²) in [5.74, 6) is 4.21. The van der Waals surface area contributed by atoms with E-state index >= 15 is 0 Å². The maximum atomic E-state index is 12.7. The third kappa shape index (κ3) is 3.47. The fraction of sp³-hybridized carbons (Fsp3) is 0.926. The number of hydrogen-bond donors (Lipinski definition) is 0. The molecule has 0 aromatic heterocycles. The highest BCUT2D eigenvalue weighted by Crippen LogP contribution is 2.66. The number of esters is 1. The lowest BCUT2D eigenvalue weighted by Gasteiger charge is -2.60. The minimum absolute atomic E-state index is 0.0670. The number of carbonyl (C=O) groups excluding carboxylic acids is 2. The van der Waals surface area contributed by atoms with E-state index in [4.69, 9.17) is 4.74 Å². The first-order valence-corrected chi connectivity index (χ1v) is 13.1. The van der Waals surface area contributed by atoms with Gasteiger partial charge in [0.05, 0.1) is 0 Å². The fourth-order valence-electron chi connectivity index (χ4n) is 9.03. The highest BCUT2D eigenvalue weighted by atomic mass is 16.5. The van der Waals surface area contributed by atoms with Gasteiger partial charge in [0, 0.05) is 24.7 Å². The van der Waals surface area contributed by atoms with E-state index in [-0.39, 0.29) is 17.5 Å². The molecule has 5 fully saturated rings. The summed E-state index contributed by atoms with van der Waals surface area (Å²) in [6.07, 6.45) is 17.2. The van der Waals surface area contributed by atoms with E-state index in [1.54, 1.807) is 0 Å². The third-order valence-electron chi connectivity index (χ3n) is 10.9. The Labute approximate surface area is 183 Å². The zero-order valence-electron chi connectivity index (χ0n) is 19.3. The molecule has 168 valence electrons. The summed E-state index contributed by atoms with van der Waals surface area (Å²) in [6, 6.07) is 0. The topological polar surface area (TPSA) is 43.4 Å². The zero-order valence-corrected chi connectivity index (χ0v) is 19.3. The average Bonchev–Trinajstić information content (AvgIpc) is 3.35. The van der Waals surface area contributed by atoms with Crippen LogP contribution in [0.25, 0.3) is 0 Å². The second-order valence-electron chi connectivity index (χ2n) is 12.2. The molecule has 5 aliphatic carbocycles. The molecule has 3 heteroatoms. The Kier molecular flexibility index (Phi) is 5.55. The summed E-state index contributed by atoms with van der Waals surface area (Å²) in [5, 5.41) is 0. The molecule has 30 heavy (non-hydrogen) atoms. The minimum Gasteiger partial charge on any atom is -0.462 e. The molecule has 7 atom stereocenters. The van der Waals surface area contributed by atoms with Gasteiger partial charge in [-0.05, 0) is 86.4 Å². The first-order valence-electron chi connectivity index (χ1n) is 13.1. The second-order valence-corrected chi connectivity index (χ2v) is 12.2. The van der Waals surface area contributed by atoms with Gasteiger partial charge in [-0.2, -0.15) is 0 Å². The van der Waals surface area contributed by atoms with Gasteiger partial charge >= 0.3 is 5.97 Å². The van der Waals surface area contributed by atoms with Gasteiger partial charge in [0.15, 0.2) is 0 Å². The molecule has 5 saturated carbocycles. The highest BCUT2D eigenvalue weighted by molar-refractivity contribution is 5.79. The molecule has 0 saturated heterocycles. The van der Waals surface area contributed by atoms with Crippen molar-refractivity contribution in [3.05, 3.63) is 0 Å². The van der Waals surface area contributed by atoms with Gasteiger partial charge < -0.3 is 4.74 Å². The Hall–Kier alpha value is -0.860. The van der Waals surface area contributed by atoms with Gasteiger partial charge in [-0.3, -0.25) is 9.59 Å². The Morgan fingerprint density at radius 2 is 1.70 bits per heavy atom. The van der Waals surface area contributed by atoms with Gasteiger partial charge in [0.2, 0.25) is 0 Å². The number of ether oxygens (including phenoxy) is 1. The van der Waals surface area contributed by atoms with Crippen molar-refractivity contribution < 1.29 is 14.3 Å². The molecule has 7 unspecified atom stereocenters. The summed E-state index contributed by atoms with van der Waals surface area (Å²) >= 11 is 0. The number of fused-ring (bicyclic) bond motifs is 5. The van der Waals surface area contributed by atoms with Gasteiger partial charge in [0.1, 0.15) is 11.9 Å². The number of rotatable bonds is 4. The van der Waals surface area contributed by atoms with Crippen molar-refractivity contribution in [2.24, 2.45) is 40.4 Å². The summed E-state index contributed by atoms with van der Waals surface area (Å²) in [6.45, 7) is 4.95. The molecule has 0 N–H and O–H groups in total. The molecular weight excluding hydrogens is 372 g/mol. The van der Waals surface area contributed by atoms with Gasteiger partial charge in [-0.25, -0.2) is 0 Å². The van der Waals surface area contributed by atoms with E-state index in [9.17, 15) is 9.59 Å². The highest BCUT2D eigenvalue weighted by Gasteiger charge is 2.61. The lowest BCUT2D eigenvalue weighted by molar-refractivity contribution is -0.164. The molecule has 0 spiro atoms. The maximum absolute atomic E-state index is 12.7. The standard InChI is InChI=1S/C27H42O3/c1-26-15-13-20(28)17-19(26)8-9-21-22-10-11-24(27(22,2)16-14-23(21)26)30-25(29)12-7-18-5-3-4-6-18/h18-19,21-24H,3-17H2,1-2H3. The van der Waals surface area contributed by atoms with Crippen LogP contribution in [0.15, 0.2) is 0 Å². The minimum atomic E-state index is 0.0670. The van der Waals surface area contributed by atoms with Gasteiger partial charge in [-0.15, -0.1) is 0 Å². The second kappa shape index (κ2) is 7.93. The van der Waals surface area contributed by atoms with E-state index in [0.29, 0.717) is 29.5 Å². The molecule has 0 aliphatic heterocycles. The van der Waals surface area contributed by atoms with Crippen LogP contribution in [-0.2, 0) is 14.3 Å². The van der Waals surface area contributed by atoms with Crippen molar-refractivity contribution in [1.82, 2.24) is 0 Å². The van der Waals surface area contributed by atoms with E-state index < -0.39 is 0 Å². The Bertz CT molecular complexity index is 680. The maximum Gasteiger partial charge on any atom is 0.306 e. The van der Waals surface area contributed by atoms with Crippen LogP contribution in [0.4, 0.5) is 0 Å². The Morgan fingerprint density at radius 3 is 2.50 bits per heavy atom. The monoisotopic (exact) mass is 414 g/mol. The molecule has 5 rings (SSSR count). The average molecular weight is 415 g/mol. The molecule has 5 aliphatic rings. The van der Waals surface area contributed by atoms with Crippen LogP contribution < -0.4 is 0 Å². The Morgan fingerprint density at radius 1 is 0.933 bits per heavy atom. The molecule has 3 nitrogen and oxygen atoms in total. The SMILES string of the molecule is CC12CCC(=O)CC1CCC1C2CCC2(C)C(OC(=O)CCC3CCCC3)CCC12. The first kappa shape index (κ1) is 21.0. The summed E-state index contributed by atoms with van der Waals surface area (Å²) in [7, 11) is 0. The normalized spacial score (nSPS) is 46.2. The molecule has 0 bridgehead atoms. The lowest BCUT2D eigenvalue weighted by atomic mass is 9.45. The zero-order chi connectivity index (χ0) is 20.9. The molecule has 0 heterocycles. The molecule has 0 amide bonds. The van der Waals surface area contributed by atoms with Crippen LogP contribution in [-0.4, -0.2) is 17.9 Å². The van der Waals surface area contributed by atoms with Crippen LogP contribution in [0.2, 0.25) is 0 Å². The van der Waals surface area contributed by atoms with Crippen LogP contribution in [0.3, 0.4) is 0 Å². The molecule has 0 aromatic rings. The van der Waals surface area contributed by atoms with Crippen molar-refractivity contribution in [2.45, 2.75) is 116 Å². The van der Waals surface area contributed by atoms with E-state index in [2.05, 4.69) is 13.8 Å². The van der Waals surface area contributed by atoms with Gasteiger partial charge in [0.25, 0.3) is 0 Å². The van der Waals surface area contributed by atoms with Gasteiger partial charge in [-0.1, -0.05) is 39.5 Å². The van der Waals surface area contributed by atoms with Crippen molar-refractivity contribution in [1.29, 1.82) is 0 Å². The van der Waals surface area contributed by atoms with Crippen molar-refractivity contribution in [3.63, 3.8) is 0 Å². The van der Waals surface area contributed by atoms with Crippen molar-refractivity contribution in [2.75, 3.05) is 0 Å². The van der Waals surface area contributed by atoms with Crippen LogP contribution in [0.5, 0.6) is 0 Å². The van der Waals surface area contributed by atoms with E-state index in [1.165, 1.54) is 57.8 Å². The number of hydrogen-bond acceptors (Lipinski definition) is 3. The summed E-state index contributed by atoms with van der Waals surface area (Å²) in [5.41, 5.74) is 0.548. The predicted molar refractivity (Wildman–Crippen MR) is 118 cm³/mol. The Balaban J connectivity index is 1.24. The predicted octanol–water partition coefficient (Wildman–Crippen LogP) is 6.48. The summed E-state index contributed by atoms with van der Waals surface area (Å²) < 4.78 is 6.19. The smallest absolute Gasteiger partial charge is 0.306 e. The first-order chi connectivity index (χ1) is 14.4. The van der Waals surface area contributed by atoms with E-state index in [0.717, 1.165) is 49.9 Å². The molecular formula is C27H42O3. The quantitative estimate of drug-likeness (QED) is 0.494. The largest absolute Gasteiger partial charge is 0.462 e. The molecule has 0 radical (unpaired) electrons. The van der Waals surface area contributed by atoms with Crippen LogP contribution in [0, 0.1) is 40.4 Å². The lowest BCUT2D eigenvalue weighted by Crippen LogP contribution is -2.54. The third-order valence-corrected chi connectivity index (χ3v) is 10.9. The van der Waals surface area contributed by atoms with Crippen molar-refractivity contribution in [3.8, 4) is 0 Å². The fourth-order valence-corrected chi connectivity index (χ4v) is 9.03. The van der Waals surface area contributed by atoms with Crippen molar-refractivity contribution >= 4 is 11.8 Å².